The van der Waals surface area contributed by atoms with Crippen molar-refractivity contribution in [3.05, 3.63) is 143 Å². The van der Waals surface area contributed by atoms with Crippen molar-refractivity contribution < 1.29 is 95.0 Å². The predicted octanol–water partition coefficient (Wildman–Crippen LogP) is 19.3. The largest absolute Gasteiger partial charge is 0.497 e. The standard InChI is InChI=1S/C46H69NO10Si.C40H55NO10.CH4/c1-17-47(42(49)56-43(4,5)6)34-27-33(39-38(28-34)53-46(12,13)55-41(39)48)19-18-20-37-40(54-45(10,11)52-37)36(51-29-32-22-24-35(50-14)25-23-32)26-21-30(2)31(3)57-58(15,16)44(7,8)9;1-12-41(37(44)51-38(4,5)6)29-22-28(34-33(23-29)48-40(9,10)50-36(34)43)14-13-15-32-35(49-39(7,8)47-32)31(21-16-25(2)26(3)42)46-24-27-17-19-30(45-11)20-18-27;/h18-19,21-28,30-31,36-37,40H,17,20,29H2,1-16H3;13-14,16-23,25-26,31-32,35,42H,12,15,24H2,1-11H3;1H4/b19-18+,26-21-;14-13+,21-16-;/t30-,31+,36?,37+,40-;25-,26+,31?,32+,35-;/m11./s1. The summed E-state index contributed by atoms with van der Waals surface area (Å²) in [5.74, 6) is -3.08. The average molecular weight is 1550 g/mol. The summed E-state index contributed by atoms with van der Waals surface area (Å²) in [5, 5.41) is 10.2. The number of aliphatic hydroxyl groups is 1. The number of carbonyl (C=O) groups is 4. The molecule has 8 rings (SSSR count). The van der Waals surface area contributed by atoms with Gasteiger partial charge in [-0.15, -0.1) is 0 Å². The van der Waals surface area contributed by atoms with E-state index in [1.807, 2.05) is 169 Å². The maximum Gasteiger partial charge on any atom is 0.414 e. The number of fused-ring (bicyclic) bond motifs is 2. The van der Waals surface area contributed by atoms with Gasteiger partial charge in [0, 0.05) is 59.0 Å². The molecule has 4 aromatic rings. The summed E-state index contributed by atoms with van der Waals surface area (Å²) in [6, 6.07) is 22.3. The van der Waals surface area contributed by atoms with Crippen molar-refractivity contribution >= 4 is 56.0 Å². The quantitative estimate of drug-likeness (QED) is 0.0241. The van der Waals surface area contributed by atoms with Crippen LogP contribution in [0.2, 0.25) is 18.1 Å². The second-order valence-electron chi connectivity index (χ2n) is 33.7. The number of cyclic esters (lactones) is 2. The van der Waals surface area contributed by atoms with Gasteiger partial charge in [0.25, 0.3) is 0 Å². The Bertz CT molecular complexity index is 3850. The molecule has 0 radical (unpaired) electrons. The molecular weight excluding hydrogens is 1420 g/mol. The first-order valence-electron chi connectivity index (χ1n) is 38.0. The number of esters is 2. The molecule has 4 aliphatic rings. The van der Waals surface area contributed by atoms with Crippen LogP contribution >= 0.6 is 0 Å². The Hall–Kier alpha value is -7.58. The molecule has 0 saturated carbocycles. The molecule has 610 valence electrons. The maximum absolute atomic E-state index is 13.4. The van der Waals surface area contributed by atoms with Gasteiger partial charge in [0.15, 0.2) is 19.9 Å². The van der Waals surface area contributed by atoms with Gasteiger partial charge >= 0.3 is 24.1 Å². The van der Waals surface area contributed by atoms with Gasteiger partial charge in [-0.1, -0.05) is 115 Å². The van der Waals surface area contributed by atoms with Crippen LogP contribution < -0.4 is 28.7 Å². The molecule has 2 amide bonds. The van der Waals surface area contributed by atoms with Crippen LogP contribution in [0.1, 0.15) is 222 Å². The van der Waals surface area contributed by atoms with Crippen LogP contribution in [0.3, 0.4) is 0 Å². The summed E-state index contributed by atoms with van der Waals surface area (Å²) >= 11 is 0. The van der Waals surface area contributed by atoms with Gasteiger partial charge in [-0.25, -0.2) is 19.2 Å². The van der Waals surface area contributed by atoms with Crippen LogP contribution in [-0.2, 0) is 65.0 Å². The normalized spacial score (nSPS) is 21.0. The van der Waals surface area contributed by atoms with Crippen LogP contribution in [0.15, 0.2) is 109 Å². The lowest BCUT2D eigenvalue weighted by Crippen LogP contribution is -2.44. The molecule has 110 heavy (non-hydrogen) atoms. The van der Waals surface area contributed by atoms with E-state index < -0.39 is 110 Å². The van der Waals surface area contributed by atoms with Gasteiger partial charge in [0.05, 0.1) is 57.1 Å². The molecule has 2 saturated heterocycles. The number of benzene rings is 4. The van der Waals surface area contributed by atoms with E-state index in [1.165, 1.54) is 9.80 Å². The molecule has 4 aromatic carbocycles. The zero-order chi connectivity index (χ0) is 81.2. The van der Waals surface area contributed by atoms with Crippen LogP contribution in [0.4, 0.5) is 21.0 Å². The fraction of sp³-hybridized carbons (Fsp3) is 0.586. The number of rotatable bonds is 28. The lowest BCUT2D eigenvalue weighted by atomic mass is 9.99. The number of ether oxygens (including phenoxy) is 14. The maximum atomic E-state index is 13.4. The zero-order valence-corrected chi connectivity index (χ0v) is 70.7. The summed E-state index contributed by atoms with van der Waals surface area (Å²) in [6.07, 6.45) is 12.0. The molecule has 0 aromatic heterocycles. The van der Waals surface area contributed by atoms with Crippen molar-refractivity contribution in [2.75, 3.05) is 37.1 Å². The van der Waals surface area contributed by atoms with Crippen molar-refractivity contribution in [3.63, 3.8) is 0 Å². The molecule has 22 nitrogen and oxygen atoms in total. The molecule has 1 N–H and O–H groups in total. The molecule has 0 aliphatic carbocycles. The first-order valence-corrected chi connectivity index (χ1v) is 40.9. The number of carbonyl (C=O) groups excluding carboxylic acids is 4. The third-order valence-corrected chi connectivity index (χ3v) is 23.7. The van der Waals surface area contributed by atoms with E-state index in [0.29, 0.717) is 73.1 Å². The van der Waals surface area contributed by atoms with Crippen molar-refractivity contribution in [1.29, 1.82) is 0 Å². The summed E-state index contributed by atoms with van der Waals surface area (Å²) in [5.41, 5.74) is 3.16. The summed E-state index contributed by atoms with van der Waals surface area (Å²) < 4.78 is 91.3. The molecule has 4 aliphatic heterocycles. The fourth-order valence-corrected chi connectivity index (χ4v) is 13.8. The Kier molecular flexibility index (Phi) is 31.0. The van der Waals surface area contributed by atoms with Crippen molar-refractivity contribution in [3.8, 4) is 23.0 Å². The Labute approximate surface area is 656 Å². The van der Waals surface area contributed by atoms with Crippen LogP contribution in [0.5, 0.6) is 23.0 Å². The van der Waals surface area contributed by atoms with Gasteiger partial charge in [-0.2, -0.15) is 0 Å². The second kappa shape index (κ2) is 37.4. The number of methoxy groups -OCH3 is 2. The minimum atomic E-state index is -1.99. The van der Waals surface area contributed by atoms with E-state index in [9.17, 15) is 24.3 Å². The fourth-order valence-electron chi connectivity index (χ4n) is 12.3. The number of hydrogen-bond donors (Lipinski definition) is 1. The minimum Gasteiger partial charge on any atom is -0.497 e. The lowest BCUT2D eigenvalue weighted by Gasteiger charge is -2.39. The smallest absolute Gasteiger partial charge is 0.414 e. The number of amides is 2. The molecule has 23 heteroatoms. The summed E-state index contributed by atoms with van der Waals surface area (Å²) in [7, 11) is 1.28. The first kappa shape index (κ1) is 91.3. The van der Waals surface area contributed by atoms with E-state index in [4.69, 9.17) is 70.7 Å². The molecule has 10 atom stereocenters. The Morgan fingerprint density at radius 1 is 0.536 bits per heavy atom. The van der Waals surface area contributed by atoms with Crippen LogP contribution in [-0.4, -0.2) is 148 Å². The Morgan fingerprint density at radius 2 is 0.900 bits per heavy atom. The van der Waals surface area contributed by atoms with Gasteiger partial charge in [0.2, 0.25) is 11.6 Å². The molecular formula is C87H128N2O20Si. The SMILES string of the molecule is C.CCN(C(=O)OC(C)(C)C)c1cc(/C=C/C[C@@H]2OC(C)(C)O[C@@H]2C(/C=C\[C@@H](C)[C@H](C)O)OCc2ccc(OC)cc2)c2c(c1)OC(C)(C)OC2=O.CCN(C(=O)OC(C)(C)C)c1cc(/C=C/C[C@@H]2OC(C)(C)O[C@@H]2C(/C=C\[C@@H](C)[C@H](C)O[Si](C)(C)C(C)(C)C)OCc2ccc(OC)cc2)c2c(c1)OC(C)(C)OC2=O. The summed E-state index contributed by atoms with van der Waals surface area (Å²) in [4.78, 5) is 56.3. The second-order valence-corrected chi connectivity index (χ2v) is 38.4. The Morgan fingerprint density at radius 3 is 1.23 bits per heavy atom. The molecule has 2 unspecified atom stereocenters. The minimum absolute atomic E-state index is 0. The van der Waals surface area contributed by atoms with E-state index >= 15 is 0 Å². The van der Waals surface area contributed by atoms with Gasteiger partial charge in [0.1, 0.15) is 69.7 Å². The van der Waals surface area contributed by atoms with Gasteiger partial charge in [-0.05, 0) is 198 Å². The number of aliphatic hydroxyl groups excluding tert-OH is 1. The van der Waals surface area contributed by atoms with Crippen molar-refractivity contribution in [1.82, 2.24) is 0 Å². The van der Waals surface area contributed by atoms with Crippen molar-refractivity contribution in [2.45, 2.75) is 294 Å². The lowest BCUT2D eigenvalue weighted by molar-refractivity contribution is -0.156. The van der Waals surface area contributed by atoms with Crippen LogP contribution in [0.25, 0.3) is 12.2 Å². The van der Waals surface area contributed by atoms with E-state index in [-0.39, 0.29) is 41.5 Å². The highest BCUT2D eigenvalue weighted by Gasteiger charge is 2.47. The summed E-state index contributed by atoms with van der Waals surface area (Å²) in [6.45, 7) is 49.4. The highest BCUT2D eigenvalue weighted by Crippen LogP contribution is 2.43. The van der Waals surface area contributed by atoms with E-state index in [0.717, 1.165) is 22.6 Å². The molecule has 0 spiro atoms. The monoisotopic (exact) mass is 1550 g/mol. The third-order valence-electron chi connectivity index (χ3n) is 19.1. The first-order chi connectivity index (χ1) is 50.6. The highest BCUT2D eigenvalue weighted by atomic mass is 28.4. The zero-order valence-electron chi connectivity index (χ0n) is 69.7. The van der Waals surface area contributed by atoms with E-state index in [2.05, 4.69) is 59.9 Å². The number of hydrogen-bond acceptors (Lipinski definition) is 20. The highest BCUT2D eigenvalue weighted by molar-refractivity contribution is 6.74. The number of anilines is 2. The molecule has 2 fully saturated rings. The predicted molar refractivity (Wildman–Crippen MR) is 432 cm³/mol. The Balaban J connectivity index is 0.000000343. The van der Waals surface area contributed by atoms with Crippen LogP contribution in [0, 0.1) is 11.8 Å². The van der Waals surface area contributed by atoms with Crippen molar-refractivity contribution in [2.24, 2.45) is 11.8 Å². The van der Waals surface area contributed by atoms with Gasteiger partial charge < -0.3 is 75.8 Å². The topological polar surface area (TPSA) is 233 Å². The molecule has 4 heterocycles. The van der Waals surface area contributed by atoms with E-state index in [1.54, 1.807) is 79.2 Å². The average Bonchev–Trinajstić information content (AvgIpc) is 1.21. The van der Waals surface area contributed by atoms with Gasteiger partial charge in [-0.3, -0.25) is 9.80 Å². The third kappa shape index (κ3) is 25.7. The number of nitrogens with zero attached hydrogens (tertiary/aromatic N) is 2. The molecule has 0 bridgehead atoms.